The second-order valence-electron chi connectivity index (χ2n) is 3.96. The summed E-state index contributed by atoms with van der Waals surface area (Å²) in [6, 6.07) is 16.7. The molecule has 4 nitrogen and oxygen atoms in total. The molecule has 0 aliphatic carbocycles. The number of esters is 1. The van der Waals surface area contributed by atoms with Crippen molar-refractivity contribution in [2.24, 2.45) is 0 Å². The third kappa shape index (κ3) is 3.55. The maximum absolute atomic E-state index is 11.6. The van der Waals surface area contributed by atoms with E-state index in [0.29, 0.717) is 5.56 Å². The molecule has 0 aromatic heterocycles. The summed E-state index contributed by atoms with van der Waals surface area (Å²) in [7, 11) is 0. The van der Waals surface area contributed by atoms with Crippen LogP contribution in [0.3, 0.4) is 0 Å². The van der Waals surface area contributed by atoms with Crippen molar-refractivity contribution in [1.82, 2.24) is 0 Å². The molecule has 0 aliphatic rings. The summed E-state index contributed by atoms with van der Waals surface area (Å²) < 4.78 is 4.87. The van der Waals surface area contributed by atoms with E-state index in [0.717, 1.165) is 6.08 Å². The highest BCUT2D eigenvalue weighted by Gasteiger charge is 2.15. The fourth-order valence-corrected chi connectivity index (χ4v) is 1.52. The minimum atomic E-state index is -1.04. The Bertz CT molecular complexity index is 630. The molecule has 1 N–H and O–H groups in total. The molecular weight excluding hydrogens is 256 g/mol. The van der Waals surface area contributed by atoms with Crippen LogP contribution in [0.2, 0.25) is 0 Å². The molecule has 2 aromatic carbocycles. The van der Waals surface area contributed by atoms with Gasteiger partial charge in [-0.2, -0.15) is 0 Å². The fraction of sp³-hybridized carbons (Fsp3) is 0. The third-order valence-corrected chi connectivity index (χ3v) is 2.49. The second kappa shape index (κ2) is 6.33. The summed E-state index contributed by atoms with van der Waals surface area (Å²) in [5.74, 6) is -1.96. The minimum Gasteiger partial charge on any atom is -0.507 e. The predicted molar refractivity (Wildman–Crippen MR) is 74.1 cm³/mol. The van der Waals surface area contributed by atoms with Crippen LogP contribution in [0.5, 0.6) is 5.75 Å². The number of para-hydroxylation sites is 1. The van der Waals surface area contributed by atoms with Crippen LogP contribution in [0.25, 0.3) is 5.76 Å². The van der Waals surface area contributed by atoms with E-state index in [9.17, 15) is 14.7 Å². The average molecular weight is 268 g/mol. The Morgan fingerprint density at radius 2 is 1.45 bits per heavy atom. The molecule has 4 heteroatoms. The van der Waals surface area contributed by atoms with Gasteiger partial charge in [-0.15, -0.1) is 0 Å². The van der Waals surface area contributed by atoms with E-state index in [-0.39, 0.29) is 11.5 Å². The minimum absolute atomic E-state index is 0.276. The van der Waals surface area contributed by atoms with Gasteiger partial charge in [-0.3, -0.25) is 4.79 Å². The molecule has 100 valence electrons. The van der Waals surface area contributed by atoms with Crippen molar-refractivity contribution in [3.8, 4) is 5.75 Å². The number of aliphatic hydroxyl groups excluding tert-OH is 1. The van der Waals surface area contributed by atoms with Crippen LogP contribution in [-0.2, 0) is 9.59 Å². The maximum Gasteiger partial charge on any atom is 0.384 e. The van der Waals surface area contributed by atoms with Gasteiger partial charge in [0.2, 0.25) is 0 Å². The molecule has 0 radical (unpaired) electrons. The van der Waals surface area contributed by atoms with Gasteiger partial charge in [0.15, 0.2) is 0 Å². The number of ketones is 1. The van der Waals surface area contributed by atoms with Crippen LogP contribution in [-0.4, -0.2) is 16.9 Å². The van der Waals surface area contributed by atoms with Gasteiger partial charge in [-0.1, -0.05) is 48.5 Å². The van der Waals surface area contributed by atoms with Crippen molar-refractivity contribution < 1.29 is 19.4 Å². The van der Waals surface area contributed by atoms with Crippen molar-refractivity contribution in [1.29, 1.82) is 0 Å². The maximum atomic E-state index is 11.6. The van der Waals surface area contributed by atoms with E-state index < -0.39 is 11.8 Å². The summed E-state index contributed by atoms with van der Waals surface area (Å²) in [4.78, 5) is 23.2. The molecule has 2 aromatic rings. The molecule has 0 aliphatic heterocycles. The molecule has 0 unspecified atom stereocenters. The Labute approximate surface area is 115 Å². The van der Waals surface area contributed by atoms with E-state index in [1.165, 1.54) is 0 Å². The summed E-state index contributed by atoms with van der Waals surface area (Å²) >= 11 is 0. The molecule has 0 saturated heterocycles. The quantitative estimate of drug-likeness (QED) is 0.304. The van der Waals surface area contributed by atoms with Crippen molar-refractivity contribution in [2.75, 3.05) is 0 Å². The summed E-state index contributed by atoms with van der Waals surface area (Å²) in [6.45, 7) is 0. The first kappa shape index (κ1) is 13.5. The van der Waals surface area contributed by atoms with Crippen molar-refractivity contribution >= 4 is 17.5 Å². The van der Waals surface area contributed by atoms with Crippen LogP contribution in [0.1, 0.15) is 5.56 Å². The zero-order valence-corrected chi connectivity index (χ0v) is 10.5. The second-order valence-corrected chi connectivity index (χ2v) is 3.96. The largest absolute Gasteiger partial charge is 0.507 e. The summed E-state index contributed by atoms with van der Waals surface area (Å²) in [5.41, 5.74) is 0.452. The standard InChI is InChI=1S/C16H12O4/c17-14(12-7-3-1-4-8-12)11-15(18)16(19)20-13-9-5-2-6-10-13/h1-11,17H. The summed E-state index contributed by atoms with van der Waals surface area (Å²) in [6.07, 6.45) is 0.848. The highest BCUT2D eigenvalue weighted by Crippen LogP contribution is 2.12. The third-order valence-electron chi connectivity index (χ3n) is 2.49. The number of carbonyl (C=O) groups excluding carboxylic acids is 2. The first-order chi connectivity index (χ1) is 9.66. The van der Waals surface area contributed by atoms with Gasteiger partial charge in [0.1, 0.15) is 11.5 Å². The lowest BCUT2D eigenvalue weighted by atomic mass is 10.1. The Hall–Kier alpha value is -2.88. The van der Waals surface area contributed by atoms with Crippen LogP contribution in [0, 0.1) is 0 Å². The van der Waals surface area contributed by atoms with E-state index in [4.69, 9.17) is 4.74 Å². The van der Waals surface area contributed by atoms with Crippen molar-refractivity contribution in [2.45, 2.75) is 0 Å². The topological polar surface area (TPSA) is 63.6 Å². The van der Waals surface area contributed by atoms with Gasteiger partial charge < -0.3 is 9.84 Å². The Kier molecular flexibility index (Phi) is 4.29. The number of hydrogen-bond donors (Lipinski definition) is 1. The Morgan fingerprint density at radius 3 is 2.05 bits per heavy atom. The number of hydrogen-bond acceptors (Lipinski definition) is 4. The molecule has 20 heavy (non-hydrogen) atoms. The number of rotatable bonds is 4. The lowest BCUT2D eigenvalue weighted by molar-refractivity contribution is -0.144. The van der Waals surface area contributed by atoms with Gasteiger partial charge in [0.25, 0.3) is 5.78 Å². The van der Waals surface area contributed by atoms with E-state index in [1.807, 2.05) is 0 Å². The molecule has 2 rings (SSSR count). The smallest absolute Gasteiger partial charge is 0.384 e. The van der Waals surface area contributed by atoms with E-state index in [2.05, 4.69) is 0 Å². The monoisotopic (exact) mass is 268 g/mol. The lowest BCUT2D eigenvalue weighted by Gasteiger charge is -2.02. The first-order valence-corrected chi connectivity index (χ1v) is 5.94. The normalized spacial score (nSPS) is 10.9. The zero-order chi connectivity index (χ0) is 14.4. The Morgan fingerprint density at radius 1 is 0.900 bits per heavy atom. The summed E-state index contributed by atoms with van der Waals surface area (Å²) in [5, 5.41) is 9.74. The Balaban J connectivity index is 2.06. The molecule has 0 atom stereocenters. The van der Waals surface area contributed by atoms with Crippen LogP contribution in [0.4, 0.5) is 0 Å². The van der Waals surface area contributed by atoms with Crippen molar-refractivity contribution in [3.05, 3.63) is 72.3 Å². The van der Waals surface area contributed by atoms with E-state index in [1.54, 1.807) is 60.7 Å². The van der Waals surface area contributed by atoms with Crippen LogP contribution in [0.15, 0.2) is 66.7 Å². The molecular formula is C16H12O4. The predicted octanol–water partition coefficient (Wildman–Crippen LogP) is 2.76. The highest BCUT2D eigenvalue weighted by atomic mass is 16.5. The molecule has 0 bridgehead atoms. The number of carbonyl (C=O) groups is 2. The lowest BCUT2D eigenvalue weighted by Crippen LogP contribution is -2.18. The molecule has 0 heterocycles. The number of benzene rings is 2. The van der Waals surface area contributed by atoms with Crippen molar-refractivity contribution in [3.63, 3.8) is 0 Å². The van der Waals surface area contributed by atoms with Gasteiger partial charge in [0, 0.05) is 11.6 Å². The van der Waals surface area contributed by atoms with Crippen LogP contribution < -0.4 is 4.74 Å². The van der Waals surface area contributed by atoms with Gasteiger partial charge >= 0.3 is 5.97 Å². The fourth-order valence-electron chi connectivity index (χ4n) is 1.52. The van der Waals surface area contributed by atoms with Crippen LogP contribution >= 0.6 is 0 Å². The SMILES string of the molecule is O=C(C=C(O)c1ccccc1)C(=O)Oc1ccccc1. The van der Waals surface area contributed by atoms with Gasteiger partial charge in [-0.05, 0) is 12.1 Å². The molecule has 0 spiro atoms. The highest BCUT2D eigenvalue weighted by molar-refractivity contribution is 6.39. The zero-order valence-electron chi connectivity index (χ0n) is 10.5. The van der Waals surface area contributed by atoms with Gasteiger partial charge in [0.05, 0.1) is 0 Å². The number of aliphatic hydroxyl groups is 1. The molecule has 0 saturated carbocycles. The number of ether oxygens (including phenoxy) is 1. The molecule has 0 amide bonds. The van der Waals surface area contributed by atoms with E-state index >= 15 is 0 Å². The first-order valence-electron chi connectivity index (χ1n) is 5.94. The van der Waals surface area contributed by atoms with Gasteiger partial charge in [-0.25, -0.2) is 4.79 Å². The molecule has 0 fully saturated rings. The average Bonchev–Trinajstić information content (AvgIpc) is 2.49.